The van der Waals surface area contributed by atoms with Crippen molar-refractivity contribution < 1.29 is 0 Å². The van der Waals surface area contributed by atoms with Crippen molar-refractivity contribution in [3.63, 3.8) is 0 Å². The van der Waals surface area contributed by atoms with E-state index < -0.39 is 0 Å². The van der Waals surface area contributed by atoms with Crippen LogP contribution < -0.4 is 10.9 Å². The highest BCUT2D eigenvalue weighted by atomic mass is 15.4. The lowest BCUT2D eigenvalue weighted by Crippen LogP contribution is -2.31. The highest BCUT2D eigenvalue weighted by molar-refractivity contribution is 5.66. The predicted molar refractivity (Wildman–Crippen MR) is 87.5 cm³/mol. The second-order valence-electron chi connectivity index (χ2n) is 5.64. The summed E-state index contributed by atoms with van der Waals surface area (Å²) < 4.78 is 0. The van der Waals surface area contributed by atoms with Crippen molar-refractivity contribution in [3.8, 4) is 11.1 Å². The van der Waals surface area contributed by atoms with Crippen molar-refractivity contribution in [2.75, 3.05) is 11.6 Å². The number of anilines is 1. The van der Waals surface area contributed by atoms with Crippen molar-refractivity contribution in [3.05, 3.63) is 54.6 Å². The third kappa shape index (κ3) is 4.10. The van der Waals surface area contributed by atoms with Gasteiger partial charge in [0.2, 0.25) is 0 Å². The number of nitrogens with zero attached hydrogens (tertiary/aromatic N) is 1. The minimum atomic E-state index is 0.740. The molecule has 0 spiro atoms. The number of rotatable bonds is 6. The van der Waals surface area contributed by atoms with E-state index in [4.69, 9.17) is 5.84 Å². The first-order valence-electron chi connectivity index (χ1n) is 7.34. The molecule has 2 nitrogen and oxygen atoms in total. The fourth-order valence-corrected chi connectivity index (χ4v) is 2.27. The first kappa shape index (κ1) is 14.6. The van der Waals surface area contributed by atoms with Crippen molar-refractivity contribution in [2.45, 2.75) is 26.7 Å². The monoisotopic (exact) mass is 268 g/mol. The molecule has 0 saturated carbocycles. The van der Waals surface area contributed by atoms with E-state index in [1.165, 1.54) is 17.5 Å². The number of hydrogen-bond acceptors (Lipinski definition) is 2. The largest absolute Gasteiger partial charge is 0.311 e. The number of nitrogens with two attached hydrogens (primary N) is 1. The maximum Gasteiger partial charge on any atom is 0.0517 e. The fraction of sp³-hybridized carbons (Fsp3) is 0.333. The van der Waals surface area contributed by atoms with Gasteiger partial charge in [-0.05, 0) is 42.0 Å². The normalized spacial score (nSPS) is 10.8. The Balaban J connectivity index is 1.97. The van der Waals surface area contributed by atoms with Crippen LogP contribution >= 0.6 is 0 Å². The topological polar surface area (TPSA) is 29.3 Å². The molecule has 106 valence electrons. The van der Waals surface area contributed by atoms with Crippen molar-refractivity contribution in [1.29, 1.82) is 0 Å². The second kappa shape index (κ2) is 7.11. The van der Waals surface area contributed by atoms with Gasteiger partial charge in [-0.25, -0.2) is 5.84 Å². The molecule has 2 aromatic carbocycles. The van der Waals surface area contributed by atoms with Crippen molar-refractivity contribution >= 4 is 5.69 Å². The third-order valence-corrected chi connectivity index (χ3v) is 3.49. The van der Waals surface area contributed by atoms with E-state index in [2.05, 4.69) is 62.4 Å². The zero-order chi connectivity index (χ0) is 14.4. The summed E-state index contributed by atoms with van der Waals surface area (Å²) in [6, 6.07) is 18.9. The minimum absolute atomic E-state index is 0.740. The Kier molecular flexibility index (Phi) is 5.19. The second-order valence-corrected chi connectivity index (χ2v) is 5.64. The summed E-state index contributed by atoms with van der Waals surface area (Å²) in [4.78, 5) is 0. The lowest BCUT2D eigenvalue weighted by Gasteiger charge is -2.19. The van der Waals surface area contributed by atoms with Gasteiger partial charge >= 0.3 is 0 Å². The third-order valence-electron chi connectivity index (χ3n) is 3.49. The quantitative estimate of drug-likeness (QED) is 0.618. The van der Waals surface area contributed by atoms with Gasteiger partial charge in [0.1, 0.15) is 0 Å². The Morgan fingerprint density at radius 1 is 0.900 bits per heavy atom. The Morgan fingerprint density at radius 3 is 2.10 bits per heavy atom. The van der Waals surface area contributed by atoms with Crippen LogP contribution in [0.25, 0.3) is 11.1 Å². The highest BCUT2D eigenvalue weighted by Crippen LogP contribution is 2.22. The molecular weight excluding hydrogens is 244 g/mol. The fourth-order valence-electron chi connectivity index (χ4n) is 2.27. The van der Waals surface area contributed by atoms with Gasteiger partial charge in [-0.15, -0.1) is 0 Å². The Morgan fingerprint density at radius 2 is 1.50 bits per heavy atom. The number of hydrazine groups is 1. The molecule has 20 heavy (non-hydrogen) atoms. The Bertz CT molecular complexity index is 503. The maximum atomic E-state index is 6.10. The Labute approximate surface area is 122 Å². The Hall–Kier alpha value is -1.80. The lowest BCUT2D eigenvalue weighted by molar-refractivity contribution is 0.551. The van der Waals surface area contributed by atoms with Crippen LogP contribution in [0.1, 0.15) is 26.7 Å². The summed E-state index contributed by atoms with van der Waals surface area (Å²) in [7, 11) is 0. The average Bonchev–Trinajstić information content (AvgIpc) is 2.48. The van der Waals surface area contributed by atoms with E-state index in [-0.39, 0.29) is 0 Å². The summed E-state index contributed by atoms with van der Waals surface area (Å²) >= 11 is 0. The molecular formula is C18H24N2. The van der Waals surface area contributed by atoms with Gasteiger partial charge in [0.15, 0.2) is 0 Å². The van der Waals surface area contributed by atoms with Crippen molar-refractivity contribution in [1.82, 2.24) is 0 Å². The van der Waals surface area contributed by atoms with Crippen LogP contribution in [0.2, 0.25) is 0 Å². The van der Waals surface area contributed by atoms with Gasteiger partial charge in [0.25, 0.3) is 0 Å². The van der Waals surface area contributed by atoms with Gasteiger partial charge < -0.3 is 5.01 Å². The summed E-state index contributed by atoms with van der Waals surface area (Å²) in [5.74, 6) is 6.84. The zero-order valence-corrected chi connectivity index (χ0v) is 12.4. The van der Waals surface area contributed by atoms with Crippen LogP contribution in [-0.4, -0.2) is 6.54 Å². The summed E-state index contributed by atoms with van der Waals surface area (Å²) in [5.41, 5.74) is 3.54. The molecule has 0 unspecified atom stereocenters. The van der Waals surface area contributed by atoms with Crippen LogP contribution in [0, 0.1) is 5.92 Å². The molecule has 0 aliphatic carbocycles. The molecule has 0 amide bonds. The maximum absolute atomic E-state index is 6.10. The van der Waals surface area contributed by atoms with Crippen LogP contribution in [0.4, 0.5) is 5.69 Å². The zero-order valence-electron chi connectivity index (χ0n) is 12.4. The SMILES string of the molecule is CC(C)CCCN(N)c1ccc(-c2ccccc2)cc1. The molecule has 2 heteroatoms. The minimum Gasteiger partial charge on any atom is -0.311 e. The number of hydrogen-bond donors (Lipinski definition) is 1. The number of benzene rings is 2. The summed E-state index contributed by atoms with van der Waals surface area (Å²) in [5, 5.41) is 1.84. The molecule has 0 saturated heterocycles. The lowest BCUT2D eigenvalue weighted by atomic mass is 10.1. The van der Waals surface area contributed by atoms with E-state index in [1.807, 2.05) is 11.1 Å². The van der Waals surface area contributed by atoms with E-state index in [0.717, 1.165) is 24.6 Å². The van der Waals surface area contributed by atoms with Gasteiger partial charge in [0.05, 0.1) is 5.69 Å². The first-order valence-corrected chi connectivity index (χ1v) is 7.34. The van der Waals surface area contributed by atoms with E-state index >= 15 is 0 Å². The first-order chi connectivity index (χ1) is 9.66. The molecule has 0 heterocycles. The van der Waals surface area contributed by atoms with Gasteiger partial charge in [-0.1, -0.05) is 56.3 Å². The smallest absolute Gasteiger partial charge is 0.0517 e. The molecule has 2 N–H and O–H groups in total. The van der Waals surface area contributed by atoms with E-state index in [0.29, 0.717) is 0 Å². The summed E-state index contributed by atoms with van der Waals surface area (Å²) in [6.45, 7) is 5.40. The molecule has 2 aromatic rings. The van der Waals surface area contributed by atoms with Crippen LogP contribution in [0.3, 0.4) is 0 Å². The molecule has 0 aliphatic rings. The van der Waals surface area contributed by atoms with E-state index in [9.17, 15) is 0 Å². The highest BCUT2D eigenvalue weighted by Gasteiger charge is 2.03. The standard InChI is InChI=1S/C18H24N2/c1-15(2)7-6-14-20(19)18-12-10-17(11-13-18)16-8-4-3-5-9-16/h3-5,8-13,15H,6-7,14,19H2,1-2H3. The molecule has 0 radical (unpaired) electrons. The van der Waals surface area contributed by atoms with Crippen LogP contribution in [-0.2, 0) is 0 Å². The molecule has 2 rings (SSSR count). The molecule has 0 bridgehead atoms. The summed E-state index contributed by atoms with van der Waals surface area (Å²) in [6.07, 6.45) is 2.35. The molecule has 0 fully saturated rings. The average molecular weight is 268 g/mol. The van der Waals surface area contributed by atoms with Gasteiger partial charge in [-0.2, -0.15) is 0 Å². The predicted octanol–water partition coefficient (Wildman–Crippen LogP) is 4.47. The molecule has 0 aliphatic heterocycles. The van der Waals surface area contributed by atoms with E-state index in [1.54, 1.807) is 0 Å². The van der Waals surface area contributed by atoms with Gasteiger partial charge in [0, 0.05) is 6.54 Å². The van der Waals surface area contributed by atoms with Crippen molar-refractivity contribution in [2.24, 2.45) is 11.8 Å². The van der Waals surface area contributed by atoms with Gasteiger partial charge in [-0.3, -0.25) is 0 Å². The van der Waals surface area contributed by atoms with Crippen LogP contribution in [0.15, 0.2) is 54.6 Å². The molecule has 0 aromatic heterocycles. The van der Waals surface area contributed by atoms with Crippen LogP contribution in [0.5, 0.6) is 0 Å². The molecule has 0 atom stereocenters.